The molecule has 3 aromatic rings. The Hall–Kier alpha value is -3.16. The van der Waals surface area contributed by atoms with Crippen molar-refractivity contribution in [2.24, 2.45) is 5.41 Å². The lowest BCUT2D eigenvalue weighted by atomic mass is 9.80. The Balaban J connectivity index is 1.40. The molecule has 1 saturated heterocycles. The van der Waals surface area contributed by atoms with Gasteiger partial charge in [0.1, 0.15) is 5.82 Å². The topological polar surface area (TPSA) is 95.9 Å². The summed E-state index contributed by atoms with van der Waals surface area (Å²) in [5.41, 5.74) is 3.77. The minimum atomic E-state index is -0.600. The third kappa shape index (κ3) is 4.33. The normalized spacial score (nSPS) is 19.0. The molecule has 0 bridgehead atoms. The first-order chi connectivity index (χ1) is 14.7. The van der Waals surface area contributed by atoms with Crippen molar-refractivity contribution < 1.29 is 9.59 Å². The summed E-state index contributed by atoms with van der Waals surface area (Å²) < 4.78 is 1.90. The summed E-state index contributed by atoms with van der Waals surface area (Å²) in [7, 11) is 0. The maximum absolute atomic E-state index is 13.1. The Morgan fingerprint density at radius 1 is 1.23 bits per heavy atom. The van der Waals surface area contributed by atoms with Gasteiger partial charge >= 0.3 is 0 Å². The highest BCUT2D eigenvalue weighted by Crippen LogP contribution is 2.31. The second-order valence-corrected chi connectivity index (χ2v) is 8.85. The van der Waals surface area contributed by atoms with Crippen LogP contribution in [0.25, 0.3) is 11.0 Å². The lowest BCUT2D eigenvalue weighted by Gasteiger charge is -2.39. The zero-order valence-corrected chi connectivity index (χ0v) is 18.7. The van der Waals surface area contributed by atoms with Gasteiger partial charge in [-0.05, 0) is 64.8 Å². The Morgan fingerprint density at radius 2 is 2.03 bits per heavy atom. The average molecular weight is 423 g/mol. The van der Waals surface area contributed by atoms with E-state index in [1.807, 2.05) is 56.6 Å². The zero-order chi connectivity index (χ0) is 22.2. The van der Waals surface area contributed by atoms with E-state index in [0.717, 1.165) is 41.1 Å². The summed E-state index contributed by atoms with van der Waals surface area (Å²) >= 11 is 0. The number of imidazole rings is 1. The van der Waals surface area contributed by atoms with Gasteiger partial charge in [0.15, 0.2) is 0 Å². The number of H-pyrrole nitrogens is 1. The quantitative estimate of drug-likeness (QED) is 0.661. The van der Waals surface area contributed by atoms with Gasteiger partial charge in [-0.25, -0.2) is 4.98 Å². The standard InChI is InChI=1S/C23H30N6O2/c1-15-12-16(2)29(27-15)11-9-24-22(31)23(4)8-5-10-28(14-23)21(30)18-6-7-19-20(13-18)26-17(3)25-19/h6-7,12-13H,5,8-11,14H2,1-4H3,(H,24,31)(H,25,26). The molecular weight excluding hydrogens is 392 g/mol. The van der Waals surface area contributed by atoms with E-state index in [4.69, 9.17) is 0 Å². The fourth-order valence-corrected chi connectivity index (χ4v) is 4.44. The summed E-state index contributed by atoms with van der Waals surface area (Å²) in [4.78, 5) is 35.5. The third-order valence-electron chi connectivity index (χ3n) is 6.09. The molecule has 1 unspecified atom stereocenters. The van der Waals surface area contributed by atoms with Gasteiger partial charge in [0.05, 0.1) is 28.7 Å². The van der Waals surface area contributed by atoms with E-state index < -0.39 is 5.41 Å². The molecule has 0 spiro atoms. The molecule has 1 fully saturated rings. The average Bonchev–Trinajstić information content (AvgIpc) is 3.26. The molecule has 8 nitrogen and oxygen atoms in total. The highest BCUT2D eigenvalue weighted by Gasteiger charge is 2.39. The molecule has 2 aromatic heterocycles. The van der Waals surface area contributed by atoms with Gasteiger partial charge < -0.3 is 15.2 Å². The summed E-state index contributed by atoms with van der Waals surface area (Å²) in [5.74, 6) is 0.768. The van der Waals surface area contributed by atoms with Gasteiger partial charge in [0.25, 0.3) is 5.91 Å². The molecule has 0 aliphatic carbocycles. The van der Waals surface area contributed by atoms with Crippen LogP contribution in [0.4, 0.5) is 0 Å². The van der Waals surface area contributed by atoms with Crippen LogP contribution in [0.1, 0.15) is 47.3 Å². The van der Waals surface area contributed by atoms with Gasteiger partial charge in [0, 0.05) is 30.9 Å². The van der Waals surface area contributed by atoms with E-state index in [1.165, 1.54) is 0 Å². The molecule has 1 aliphatic rings. The Kier molecular flexibility index (Phi) is 5.56. The third-order valence-corrected chi connectivity index (χ3v) is 6.09. The monoisotopic (exact) mass is 422 g/mol. The lowest BCUT2D eigenvalue weighted by Crippen LogP contribution is -2.52. The van der Waals surface area contributed by atoms with E-state index in [2.05, 4.69) is 20.4 Å². The van der Waals surface area contributed by atoms with Crippen molar-refractivity contribution >= 4 is 22.8 Å². The Morgan fingerprint density at radius 3 is 2.77 bits per heavy atom. The maximum Gasteiger partial charge on any atom is 0.253 e. The number of benzene rings is 1. The number of carbonyl (C=O) groups is 2. The largest absolute Gasteiger partial charge is 0.354 e. The number of aryl methyl sites for hydroxylation is 3. The Bertz CT molecular complexity index is 1130. The lowest BCUT2D eigenvalue weighted by molar-refractivity contribution is -0.132. The zero-order valence-electron chi connectivity index (χ0n) is 18.7. The van der Waals surface area contributed by atoms with Gasteiger partial charge in [0.2, 0.25) is 5.91 Å². The molecule has 0 radical (unpaired) electrons. The number of hydrogen-bond donors (Lipinski definition) is 2. The van der Waals surface area contributed by atoms with E-state index in [0.29, 0.717) is 31.7 Å². The van der Waals surface area contributed by atoms with Crippen LogP contribution < -0.4 is 5.32 Å². The summed E-state index contributed by atoms with van der Waals surface area (Å²) in [6.45, 7) is 10.0. The molecule has 0 saturated carbocycles. The number of likely N-dealkylation sites (tertiary alicyclic amines) is 1. The van der Waals surface area contributed by atoms with Crippen molar-refractivity contribution in [1.29, 1.82) is 0 Å². The number of amides is 2. The predicted molar refractivity (Wildman–Crippen MR) is 119 cm³/mol. The van der Waals surface area contributed by atoms with Crippen LogP contribution in [0.5, 0.6) is 0 Å². The van der Waals surface area contributed by atoms with E-state index in [1.54, 1.807) is 4.90 Å². The minimum absolute atomic E-state index is 0.00817. The van der Waals surface area contributed by atoms with Gasteiger partial charge in [-0.2, -0.15) is 5.10 Å². The molecule has 4 rings (SSSR count). The van der Waals surface area contributed by atoms with Crippen molar-refractivity contribution in [3.8, 4) is 0 Å². The highest BCUT2D eigenvalue weighted by molar-refractivity contribution is 5.98. The van der Waals surface area contributed by atoms with Crippen LogP contribution >= 0.6 is 0 Å². The Labute approximate surface area is 182 Å². The van der Waals surface area contributed by atoms with Crippen molar-refractivity contribution in [3.63, 3.8) is 0 Å². The summed E-state index contributed by atoms with van der Waals surface area (Å²) in [5, 5.41) is 7.49. The van der Waals surface area contributed by atoms with Crippen LogP contribution in [0, 0.1) is 26.2 Å². The molecule has 164 valence electrons. The first-order valence-electron chi connectivity index (χ1n) is 10.8. The fraction of sp³-hybridized carbons (Fsp3) is 0.478. The van der Waals surface area contributed by atoms with Gasteiger partial charge in [-0.1, -0.05) is 0 Å². The number of fused-ring (bicyclic) bond motifs is 1. The fourth-order valence-electron chi connectivity index (χ4n) is 4.44. The number of aromatic nitrogens is 4. The molecule has 1 atom stereocenters. The van der Waals surface area contributed by atoms with Gasteiger partial charge in [-0.15, -0.1) is 0 Å². The smallest absolute Gasteiger partial charge is 0.253 e. The van der Waals surface area contributed by atoms with Crippen LogP contribution in [0.3, 0.4) is 0 Å². The molecule has 1 aromatic carbocycles. The maximum atomic E-state index is 13.1. The number of piperidine rings is 1. The predicted octanol–water partition coefficient (Wildman–Crippen LogP) is 2.74. The van der Waals surface area contributed by atoms with Crippen molar-refractivity contribution in [1.82, 2.24) is 30.0 Å². The van der Waals surface area contributed by atoms with Gasteiger partial charge in [-0.3, -0.25) is 14.3 Å². The van der Waals surface area contributed by atoms with Crippen LogP contribution in [0.15, 0.2) is 24.3 Å². The first-order valence-corrected chi connectivity index (χ1v) is 10.8. The molecule has 8 heteroatoms. The molecule has 1 aliphatic heterocycles. The molecule has 31 heavy (non-hydrogen) atoms. The van der Waals surface area contributed by atoms with Crippen LogP contribution in [-0.4, -0.2) is 56.1 Å². The molecule has 3 heterocycles. The van der Waals surface area contributed by atoms with E-state index in [9.17, 15) is 9.59 Å². The number of aromatic amines is 1. The SMILES string of the molecule is Cc1cc(C)n(CCNC(=O)C2(C)CCCN(C(=O)c3ccc4nc(C)[nH]c4c3)C2)n1. The van der Waals surface area contributed by atoms with E-state index >= 15 is 0 Å². The molecular formula is C23H30N6O2. The van der Waals surface area contributed by atoms with E-state index in [-0.39, 0.29) is 11.8 Å². The number of nitrogens with zero attached hydrogens (tertiary/aromatic N) is 4. The van der Waals surface area contributed by atoms with Crippen molar-refractivity contribution in [3.05, 3.63) is 47.0 Å². The number of nitrogens with one attached hydrogen (secondary N) is 2. The molecule has 2 N–H and O–H groups in total. The van der Waals surface area contributed by atoms with Crippen LogP contribution in [-0.2, 0) is 11.3 Å². The van der Waals surface area contributed by atoms with Crippen LogP contribution in [0.2, 0.25) is 0 Å². The second kappa shape index (κ2) is 8.17. The highest BCUT2D eigenvalue weighted by atomic mass is 16.2. The van der Waals surface area contributed by atoms with Crippen molar-refractivity contribution in [2.45, 2.75) is 47.1 Å². The summed E-state index contributed by atoms with van der Waals surface area (Å²) in [6, 6.07) is 7.54. The second-order valence-electron chi connectivity index (χ2n) is 8.85. The first kappa shape index (κ1) is 21.1. The van der Waals surface area contributed by atoms with Crippen molar-refractivity contribution in [2.75, 3.05) is 19.6 Å². The minimum Gasteiger partial charge on any atom is -0.354 e. The number of carbonyl (C=O) groups excluding carboxylic acids is 2. The number of rotatable bonds is 5. The number of hydrogen-bond acceptors (Lipinski definition) is 4. The molecule has 2 amide bonds. The summed E-state index contributed by atoms with van der Waals surface area (Å²) in [6.07, 6.45) is 1.57.